The Morgan fingerprint density at radius 3 is 2.92 bits per heavy atom. The van der Waals surface area contributed by atoms with Gasteiger partial charge in [0.2, 0.25) is 0 Å². The summed E-state index contributed by atoms with van der Waals surface area (Å²) in [4.78, 5) is 21.4. The third kappa shape index (κ3) is 3.29. The van der Waals surface area contributed by atoms with Crippen molar-refractivity contribution in [3.63, 3.8) is 0 Å². The van der Waals surface area contributed by atoms with Gasteiger partial charge >= 0.3 is 0 Å². The lowest BCUT2D eigenvalue weighted by Crippen LogP contribution is -2.48. The molecule has 25 heavy (non-hydrogen) atoms. The summed E-state index contributed by atoms with van der Waals surface area (Å²) in [5.41, 5.74) is 1.32. The van der Waals surface area contributed by atoms with Crippen molar-refractivity contribution in [1.29, 1.82) is 0 Å². The maximum absolute atomic E-state index is 12.8. The van der Waals surface area contributed by atoms with Crippen LogP contribution in [0.4, 0.5) is 0 Å². The highest BCUT2D eigenvalue weighted by molar-refractivity contribution is 7.13. The first-order valence-electron chi connectivity index (χ1n) is 8.05. The first-order chi connectivity index (χ1) is 12.0. The monoisotopic (exact) mass is 397 g/mol. The first-order valence-corrected chi connectivity index (χ1v) is 9.68. The van der Waals surface area contributed by atoms with Crippen LogP contribution in [0, 0.1) is 0 Å². The maximum atomic E-state index is 12.8. The molecule has 2 atom stereocenters. The van der Waals surface area contributed by atoms with Gasteiger partial charge in [0.05, 0.1) is 28.8 Å². The van der Waals surface area contributed by atoms with E-state index in [0.29, 0.717) is 28.8 Å². The van der Waals surface area contributed by atoms with E-state index in [1.165, 1.54) is 11.3 Å². The quantitative estimate of drug-likeness (QED) is 0.779. The molecule has 0 N–H and O–H groups in total. The highest BCUT2D eigenvalue weighted by Crippen LogP contribution is 2.31. The molecule has 2 saturated heterocycles. The van der Waals surface area contributed by atoms with Gasteiger partial charge in [-0.1, -0.05) is 29.3 Å². The number of benzene rings is 1. The Hall–Kier alpha value is -1.18. The van der Waals surface area contributed by atoms with Gasteiger partial charge in [0, 0.05) is 30.6 Å². The molecule has 2 aliphatic heterocycles. The van der Waals surface area contributed by atoms with Gasteiger partial charge < -0.3 is 9.64 Å². The standard InChI is InChI=1S/C17H17Cl2N3O2S/c1-21-4-5-24-15-8-22(7-14(15)21)17(23)13-9-25-16(20-13)10-2-3-11(18)12(19)6-10/h2-3,6,9,14-15H,4-5,7-8H2,1H3/t14-,15+/m0/s1. The number of morpholine rings is 1. The van der Waals surface area contributed by atoms with Crippen LogP contribution in [0.25, 0.3) is 10.6 Å². The molecule has 0 radical (unpaired) electrons. The van der Waals surface area contributed by atoms with E-state index >= 15 is 0 Å². The second-order valence-corrected chi connectivity index (χ2v) is 8.01. The van der Waals surface area contributed by atoms with Crippen LogP contribution in [0.1, 0.15) is 10.5 Å². The highest BCUT2D eigenvalue weighted by Gasteiger charge is 2.41. The van der Waals surface area contributed by atoms with E-state index in [1.54, 1.807) is 17.5 Å². The summed E-state index contributed by atoms with van der Waals surface area (Å²) in [5, 5.41) is 3.53. The van der Waals surface area contributed by atoms with Crippen LogP contribution in [0.15, 0.2) is 23.6 Å². The minimum absolute atomic E-state index is 0.0473. The molecule has 2 aromatic rings. The van der Waals surface area contributed by atoms with Crippen molar-refractivity contribution >= 4 is 40.4 Å². The number of hydrogen-bond acceptors (Lipinski definition) is 5. The van der Waals surface area contributed by atoms with Gasteiger partial charge in [-0.3, -0.25) is 9.69 Å². The zero-order valence-electron chi connectivity index (χ0n) is 13.6. The predicted octanol–water partition coefficient (Wildman–Crippen LogP) is 3.27. The summed E-state index contributed by atoms with van der Waals surface area (Å²) < 4.78 is 5.81. The molecule has 5 nitrogen and oxygen atoms in total. The first kappa shape index (κ1) is 17.2. The van der Waals surface area contributed by atoms with Crippen LogP contribution in [0.2, 0.25) is 10.0 Å². The van der Waals surface area contributed by atoms with E-state index in [4.69, 9.17) is 27.9 Å². The number of likely N-dealkylation sites (tertiary alicyclic amines) is 1. The lowest BCUT2D eigenvalue weighted by molar-refractivity contribution is -0.0368. The molecular weight excluding hydrogens is 381 g/mol. The molecule has 0 aliphatic carbocycles. The Morgan fingerprint density at radius 1 is 1.32 bits per heavy atom. The number of halogens is 2. The van der Waals surface area contributed by atoms with Crippen molar-refractivity contribution in [2.75, 3.05) is 33.3 Å². The van der Waals surface area contributed by atoms with Crippen LogP contribution in [-0.2, 0) is 4.74 Å². The van der Waals surface area contributed by atoms with Crippen molar-refractivity contribution in [3.05, 3.63) is 39.3 Å². The largest absolute Gasteiger partial charge is 0.373 e. The zero-order valence-corrected chi connectivity index (χ0v) is 15.9. The molecule has 0 bridgehead atoms. The average Bonchev–Trinajstić information content (AvgIpc) is 3.24. The molecule has 0 unspecified atom stereocenters. The van der Waals surface area contributed by atoms with Crippen molar-refractivity contribution in [2.24, 2.45) is 0 Å². The van der Waals surface area contributed by atoms with E-state index in [0.717, 1.165) is 23.7 Å². The predicted molar refractivity (Wildman–Crippen MR) is 99.6 cm³/mol. The van der Waals surface area contributed by atoms with E-state index in [2.05, 4.69) is 16.9 Å². The lowest BCUT2D eigenvalue weighted by Gasteiger charge is -2.33. The lowest BCUT2D eigenvalue weighted by atomic mass is 10.1. The summed E-state index contributed by atoms with van der Waals surface area (Å²) in [5.74, 6) is -0.0473. The minimum Gasteiger partial charge on any atom is -0.373 e. The molecule has 2 aliphatic rings. The number of carbonyl (C=O) groups excluding carboxylic acids is 1. The number of hydrogen-bond donors (Lipinski definition) is 0. The number of likely N-dealkylation sites (N-methyl/N-ethyl adjacent to an activating group) is 1. The molecule has 4 rings (SSSR count). The second kappa shape index (κ2) is 6.85. The summed E-state index contributed by atoms with van der Waals surface area (Å²) in [6.45, 7) is 2.92. The zero-order chi connectivity index (χ0) is 17.6. The van der Waals surface area contributed by atoms with Crippen molar-refractivity contribution in [1.82, 2.24) is 14.8 Å². The van der Waals surface area contributed by atoms with E-state index in [1.807, 2.05) is 11.0 Å². The van der Waals surface area contributed by atoms with Crippen molar-refractivity contribution in [2.45, 2.75) is 12.1 Å². The number of fused-ring (bicyclic) bond motifs is 1. The summed E-state index contributed by atoms with van der Waals surface area (Å²) in [6.07, 6.45) is 0.0934. The third-order valence-electron chi connectivity index (χ3n) is 4.76. The summed E-state index contributed by atoms with van der Waals surface area (Å²) >= 11 is 13.5. The summed E-state index contributed by atoms with van der Waals surface area (Å²) in [7, 11) is 2.08. The number of nitrogens with zero attached hydrogens (tertiary/aromatic N) is 3. The maximum Gasteiger partial charge on any atom is 0.273 e. The van der Waals surface area contributed by atoms with Crippen LogP contribution in [0.3, 0.4) is 0 Å². The molecule has 132 valence electrons. The minimum atomic E-state index is -0.0473. The van der Waals surface area contributed by atoms with Crippen molar-refractivity contribution < 1.29 is 9.53 Å². The van der Waals surface area contributed by atoms with Gasteiger partial charge in [0.15, 0.2) is 0 Å². The van der Waals surface area contributed by atoms with Gasteiger partial charge in [0.1, 0.15) is 10.7 Å². The number of amides is 1. The number of aromatic nitrogens is 1. The average molecular weight is 398 g/mol. The van der Waals surface area contributed by atoms with Crippen LogP contribution in [0.5, 0.6) is 0 Å². The fourth-order valence-corrected chi connectivity index (χ4v) is 4.41. The Labute approximate surface area is 160 Å². The molecule has 0 spiro atoms. The van der Waals surface area contributed by atoms with Gasteiger partial charge in [0.25, 0.3) is 5.91 Å². The van der Waals surface area contributed by atoms with Crippen LogP contribution >= 0.6 is 34.5 Å². The Morgan fingerprint density at radius 2 is 2.16 bits per heavy atom. The van der Waals surface area contributed by atoms with E-state index in [-0.39, 0.29) is 18.1 Å². The molecular formula is C17H17Cl2N3O2S. The Kier molecular flexibility index (Phi) is 4.73. The van der Waals surface area contributed by atoms with E-state index in [9.17, 15) is 4.79 Å². The number of thiazole rings is 1. The molecule has 8 heteroatoms. The van der Waals surface area contributed by atoms with Crippen LogP contribution < -0.4 is 0 Å². The summed E-state index contributed by atoms with van der Waals surface area (Å²) in [6, 6.07) is 5.63. The second-order valence-electron chi connectivity index (χ2n) is 6.33. The SMILES string of the molecule is CN1CCO[C@@H]2CN(C(=O)c3csc(-c4ccc(Cl)c(Cl)c4)n3)C[C@@H]21. The molecule has 3 heterocycles. The van der Waals surface area contributed by atoms with Crippen LogP contribution in [-0.4, -0.2) is 66.1 Å². The van der Waals surface area contributed by atoms with Crippen molar-refractivity contribution in [3.8, 4) is 10.6 Å². The van der Waals surface area contributed by atoms with Gasteiger partial charge in [-0.25, -0.2) is 4.98 Å². The van der Waals surface area contributed by atoms with Gasteiger partial charge in [-0.2, -0.15) is 0 Å². The molecule has 1 aromatic carbocycles. The molecule has 2 fully saturated rings. The normalized spacial score (nSPS) is 23.7. The molecule has 0 saturated carbocycles. The Bertz CT molecular complexity index is 813. The Balaban J connectivity index is 1.52. The fourth-order valence-electron chi connectivity index (χ4n) is 3.32. The van der Waals surface area contributed by atoms with Gasteiger partial charge in [-0.05, 0) is 19.2 Å². The molecule has 1 amide bonds. The topological polar surface area (TPSA) is 45.7 Å². The fraction of sp³-hybridized carbons (Fsp3) is 0.412. The third-order valence-corrected chi connectivity index (χ3v) is 6.39. The van der Waals surface area contributed by atoms with Gasteiger partial charge in [-0.15, -0.1) is 11.3 Å². The number of ether oxygens (including phenoxy) is 1. The highest BCUT2D eigenvalue weighted by atomic mass is 35.5. The number of carbonyl (C=O) groups is 1. The number of rotatable bonds is 2. The van der Waals surface area contributed by atoms with E-state index < -0.39 is 0 Å². The molecule has 1 aromatic heterocycles. The smallest absolute Gasteiger partial charge is 0.273 e.